The number of hydrogen-bond donors (Lipinski definition) is 0. The number of carbonyl (C=O) groups is 3. The predicted octanol–water partition coefficient (Wildman–Crippen LogP) is 4.98. The van der Waals surface area contributed by atoms with Gasteiger partial charge in [0.15, 0.2) is 5.13 Å². The fraction of sp³-hybridized carbons (Fsp3) is 0.385. The number of rotatable bonds is 8. The molecule has 0 atom stereocenters. The molecule has 4 rings (SSSR count). The summed E-state index contributed by atoms with van der Waals surface area (Å²) in [5.41, 5.74) is 4.11. The van der Waals surface area contributed by atoms with Crippen LogP contribution in [0.3, 0.4) is 0 Å². The summed E-state index contributed by atoms with van der Waals surface area (Å²) >= 11 is 1.51. The van der Waals surface area contributed by atoms with Crippen LogP contribution in [0.25, 0.3) is 10.2 Å². The van der Waals surface area contributed by atoms with Gasteiger partial charge in [0, 0.05) is 31.5 Å². The number of imide groups is 1. The Labute approximate surface area is 216 Å². The number of hydrogen-bond acceptors (Lipinski definition) is 6. The Bertz CT molecular complexity index is 1200. The maximum Gasteiger partial charge on any atom is 0.260 e. The van der Waals surface area contributed by atoms with Gasteiger partial charge in [-0.05, 0) is 68.4 Å². The third-order valence-corrected chi connectivity index (χ3v) is 7.45. The zero-order chi connectivity index (χ0) is 24.4. The first kappa shape index (κ1) is 26.8. The van der Waals surface area contributed by atoms with Crippen LogP contribution in [0.1, 0.15) is 48.2 Å². The number of amides is 3. The van der Waals surface area contributed by atoms with Crippen LogP contribution in [-0.2, 0) is 9.59 Å². The molecule has 0 radical (unpaired) electrons. The van der Waals surface area contributed by atoms with Crippen molar-refractivity contribution in [3.05, 3.63) is 53.1 Å². The highest BCUT2D eigenvalue weighted by atomic mass is 35.5. The molecule has 1 aliphatic heterocycles. The molecule has 35 heavy (non-hydrogen) atoms. The Morgan fingerprint density at radius 1 is 1.00 bits per heavy atom. The molecule has 1 aliphatic rings. The minimum atomic E-state index is -0.232. The van der Waals surface area contributed by atoms with E-state index in [-0.39, 0.29) is 43.0 Å². The second kappa shape index (κ2) is 11.3. The first-order chi connectivity index (χ1) is 16.3. The van der Waals surface area contributed by atoms with Crippen LogP contribution in [0.5, 0.6) is 0 Å². The van der Waals surface area contributed by atoms with Crippen molar-refractivity contribution in [2.75, 3.05) is 36.0 Å². The zero-order valence-corrected chi connectivity index (χ0v) is 22.2. The van der Waals surface area contributed by atoms with E-state index in [1.807, 2.05) is 0 Å². The lowest BCUT2D eigenvalue weighted by molar-refractivity contribution is -0.121. The number of benzene rings is 2. The Hall–Kier alpha value is -2.81. The maximum atomic E-state index is 13.8. The first-order valence-corrected chi connectivity index (χ1v) is 12.5. The van der Waals surface area contributed by atoms with Gasteiger partial charge in [-0.25, -0.2) is 4.98 Å². The van der Waals surface area contributed by atoms with Gasteiger partial charge in [0.25, 0.3) is 5.91 Å². The van der Waals surface area contributed by atoms with E-state index in [0.717, 1.165) is 35.4 Å². The van der Waals surface area contributed by atoms with Crippen molar-refractivity contribution >= 4 is 62.5 Å². The fourth-order valence-corrected chi connectivity index (χ4v) is 5.22. The van der Waals surface area contributed by atoms with E-state index in [2.05, 4.69) is 44.7 Å². The normalized spacial score (nSPS) is 13.6. The van der Waals surface area contributed by atoms with E-state index < -0.39 is 0 Å². The van der Waals surface area contributed by atoms with Crippen LogP contribution < -0.4 is 9.80 Å². The molecule has 0 saturated carbocycles. The highest BCUT2D eigenvalue weighted by Gasteiger charge is 2.31. The standard InChI is InChI=1S/C26H30N4O3S.ClH/c1-5-28(6-2)12-13-29(26-27-21-14-17(3)18(4)15-22(21)34-26)25(33)19-8-7-9-20(16-19)30-23(31)10-11-24(30)32;/h7-9,14-16H,5-6,10-13H2,1-4H3;1H. The lowest BCUT2D eigenvalue weighted by atomic mass is 10.1. The van der Waals surface area contributed by atoms with E-state index >= 15 is 0 Å². The number of likely N-dealkylation sites (N-methyl/N-ethyl adjacent to an activating group) is 1. The van der Waals surface area contributed by atoms with E-state index in [0.29, 0.717) is 22.9 Å². The minimum absolute atomic E-state index is 0. The molecule has 3 aromatic rings. The summed E-state index contributed by atoms with van der Waals surface area (Å²) in [6.07, 6.45) is 0.412. The van der Waals surface area contributed by atoms with Crippen molar-refractivity contribution in [2.24, 2.45) is 0 Å². The van der Waals surface area contributed by atoms with Crippen LogP contribution in [0.15, 0.2) is 36.4 Å². The van der Waals surface area contributed by atoms with Crippen molar-refractivity contribution in [3.63, 3.8) is 0 Å². The number of aromatic nitrogens is 1. The zero-order valence-electron chi connectivity index (χ0n) is 20.5. The molecule has 0 N–H and O–H groups in total. The molecule has 0 spiro atoms. The number of fused-ring (bicyclic) bond motifs is 1. The van der Waals surface area contributed by atoms with E-state index in [1.54, 1.807) is 29.2 Å². The van der Waals surface area contributed by atoms with E-state index in [4.69, 9.17) is 4.98 Å². The molecule has 0 aliphatic carbocycles. The average molecular weight is 515 g/mol. The Balaban J connectivity index is 0.00000342. The lowest BCUT2D eigenvalue weighted by Gasteiger charge is -2.25. The molecular formula is C26H31ClN4O3S. The van der Waals surface area contributed by atoms with Crippen LogP contribution >= 0.6 is 23.7 Å². The number of nitrogens with zero attached hydrogens (tertiary/aromatic N) is 4. The molecule has 9 heteroatoms. The maximum absolute atomic E-state index is 13.8. The molecule has 0 unspecified atom stereocenters. The van der Waals surface area contributed by atoms with Gasteiger partial charge in [-0.2, -0.15) is 0 Å². The summed E-state index contributed by atoms with van der Waals surface area (Å²) in [5.74, 6) is -0.657. The molecule has 3 amide bonds. The quantitative estimate of drug-likeness (QED) is 0.396. The molecule has 1 aromatic heterocycles. The Morgan fingerprint density at radius 3 is 2.31 bits per heavy atom. The molecule has 186 valence electrons. The van der Waals surface area contributed by atoms with Gasteiger partial charge in [-0.3, -0.25) is 24.2 Å². The number of anilines is 2. The van der Waals surface area contributed by atoms with Crippen molar-refractivity contribution in [2.45, 2.75) is 40.5 Å². The molecule has 7 nitrogen and oxygen atoms in total. The fourth-order valence-electron chi connectivity index (χ4n) is 4.15. The van der Waals surface area contributed by atoms with E-state index in [9.17, 15) is 14.4 Å². The topological polar surface area (TPSA) is 73.8 Å². The average Bonchev–Trinajstić information content (AvgIpc) is 3.38. The third-order valence-electron chi connectivity index (χ3n) is 6.41. The van der Waals surface area contributed by atoms with Crippen molar-refractivity contribution in [1.82, 2.24) is 9.88 Å². The Morgan fingerprint density at radius 2 is 1.66 bits per heavy atom. The monoisotopic (exact) mass is 514 g/mol. The van der Waals surface area contributed by atoms with Crippen LogP contribution in [0.4, 0.5) is 10.8 Å². The smallest absolute Gasteiger partial charge is 0.260 e. The first-order valence-electron chi connectivity index (χ1n) is 11.7. The van der Waals surface area contributed by atoms with E-state index in [1.165, 1.54) is 21.8 Å². The van der Waals surface area contributed by atoms with Crippen molar-refractivity contribution < 1.29 is 14.4 Å². The van der Waals surface area contributed by atoms with Gasteiger partial charge in [0.2, 0.25) is 11.8 Å². The number of aryl methyl sites for hydroxylation is 2. The highest BCUT2D eigenvalue weighted by Crippen LogP contribution is 2.32. The van der Waals surface area contributed by atoms with Gasteiger partial charge in [-0.1, -0.05) is 31.3 Å². The third kappa shape index (κ3) is 5.55. The summed E-state index contributed by atoms with van der Waals surface area (Å²) < 4.78 is 1.04. The molecule has 2 heterocycles. The summed E-state index contributed by atoms with van der Waals surface area (Å²) in [6.45, 7) is 11.3. The van der Waals surface area contributed by atoms with Crippen LogP contribution in [0.2, 0.25) is 0 Å². The number of carbonyl (C=O) groups excluding carboxylic acids is 3. The molecular weight excluding hydrogens is 484 g/mol. The summed E-state index contributed by atoms with van der Waals surface area (Å²) in [6, 6.07) is 10.9. The largest absolute Gasteiger partial charge is 0.302 e. The minimum Gasteiger partial charge on any atom is -0.302 e. The Kier molecular flexibility index (Phi) is 8.64. The van der Waals surface area contributed by atoms with Gasteiger partial charge in [0.05, 0.1) is 15.9 Å². The van der Waals surface area contributed by atoms with Gasteiger partial charge in [-0.15, -0.1) is 12.4 Å². The molecule has 0 bridgehead atoms. The van der Waals surface area contributed by atoms with Crippen molar-refractivity contribution in [1.29, 1.82) is 0 Å². The number of thiazole rings is 1. The molecule has 1 fully saturated rings. The second-order valence-corrected chi connectivity index (χ2v) is 9.57. The van der Waals surface area contributed by atoms with Gasteiger partial charge in [0.1, 0.15) is 0 Å². The van der Waals surface area contributed by atoms with Crippen LogP contribution in [-0.4, -0.2) is 53.8 Å². The number of halogens is 1. The van der Waals surface area contributed by atoms with Crippen LogP contribution in [0, 0.1) is 13.8 Å². The second-order valence-electron chi connectivity index (χ2n) is 8.56. The molecule has 1 saturated heterocycles. The highest BCUT2D eigenvalue weighted by molar-refractivity contribution is 7.22. The summed E-state index contributed by atoms with van der Waals surface area (Å²) in [4.78, 5) is 48.2. The van der Waals surface area contributed by atoms with Gasteiger partial charge >= 0.3 is 0 Å². The van der Waals surface area contributed by atoms with Gasteiger partial charge < -0.3 is 4.90 Å². The summed E-state index contributed by atoms with van der Waals surface area (Å²) in [7, 11) is 0. The molecule has 2 aromatic carbocycles. The lowest BCUT2D eigenvalue weighted by Crippen LogP contribution is -2.39. The summed E-state index contributed by atoms with van der Waals surface area (Å²) in [5, 5.41) is 0.649. The SMILES string of the molecule is CCN(CC)CCN(C(=O)c1cccc(N2C(=O)CCC2=O)c1)c1nc2cc(C)c(C)cc2s1.Cl. The van der Waals surface area contributed by atoms with Crippen molar-refractivity contribution in [3.8, 4) is 0 Å². The predicted molar refractivity (Wildman–Crippen MR) is 144 cm³/mol.